The fourth-order valence-electron chi connectivity index (χ4n) is 4.72. The number of aromatic nitrogens is 2. The second-order valence-corrected chi connectivity index (χ2v) is 8.81. The van der Waals surface area contributed by atoms with Crippen LogP contribution in [0.15, 0.2) is 48.7 Å². The van der Waals surface area contributed by atoms with E-state index in [0.717, 1.165) is 22.6 Å². The van der Waals surface area contributed by atoms with Gasteiger partial charge in [-0.15, -0.1) is 0 Å². The van der Waals surface area contributed by atoms with E-state index in [1.54, 1.807) is 12.3 Å². The van der Waals surface area contributed by atoms with Gasteiger partial charge in [0.05, 0.1) is 55.1 Å². The van der Waals surface area contributed by atoms with Crippen LogP contribution in [0.1, 0.15) is 41.1 Å². The summed E-state index contributed by atoms with van der Waals surface area (Å²) in [5.41, 5.74) is 4.28. The molecule has 2 atom stereocenters. The molecule has 1 aromatic carbocycles. The van der Waals surface area contributed by atoms with Crippen LogP contribution >= 0.6 is 12.2 Å². The molecule has 3 heterocycles. The van der Waals surface area contributed by atoms with Crippen LogP contribution in [0, 0.1) is 24.0 Å². The third-order valence-electron chi connectivity index (χ3n) is 6.39. The Morgan fingerprint density at radius 3 is 2.64 bits per heavy atom. The highest BCUT2D eigenvalue weighted by Crippen LogP contribution is 2.42. The van der Waals surface area contributed by atoms with Gasteiger partial charge in [-0.05, 0) is 55.9 Å². The van der Waals surface area contributed by atoms with Crippen molar-refractivity contribution in [2.24, 2.45) is 0 Å². The molecule has 1 saturated heterocycles. The van der Waals surface area contributed by atoms with E-state index in [1.165, 1.54) is 26.4 Å². The van der Waals surface area contributed by atoms with Gasteiger partial charge in [-0.3, -0.25) is 19.9 Å². The van der Waals surface area contributed by atoms with Crippen molar-refractivity contribution in [3.05, 3.63) is 81.4 Å². The first kappa shape index (κ1) is 25.1. The number of nitro benzene ring substituents is 1. The maximum absolute atomic E-state index is 11.9. The van der Waals surface area contributed by atoms with E-state index in [1.807, 2.05) is 41.5 Å². The van der Waals surface area contributed by atoms with Crippen molar-refractivity contribution in [3.63, 3.8) is 0 Å². The first-order valence-corrected chi connectivity index (χ1v) is 11.7. The van der Waals surface area contributed by atoms with Crippen molar-refractivity contribution in [1.82, 2.24) is 19.8 Å². The summed E-state index contributed by atoms with van der Waals surface area (Å²) in [4.78, 5) is 29.3. The molecule has 0 saturated carbocycles. The zero-order valence-corrected chi connectivity index (χ0v) is 21.2. The van der Waals surface area contributed by atoms with Gasteiger partial charge in [0.25, 0.3) is 5.69 Å². The lowest BCUT2D eigenvalue weighted by Crippen LogP contribution is -2.32. The van der Waals surface area contributed by atoms with Crippen LogP contribution in [-0.4, -0.2) is 51.2 Å². The van der Waals surface area contributed by atoms with Gasteiger partial charge in [-0.1, -0.05) is 6.07 Å². The number of esters is 1. The van der Waals surface area contributed by atoms with E-state index in [9.17, 15) is 14.9 Å². The van der Waals surface area contributed by atoms with E-state index >= 15 is 0 Å². The Morgan fingerprint density at radius 2 is 2.00 bits per heavy atom. The van der Waals surface area contributed by atoms with Gasteiger partial charge < -0.3 is 24.3 Å². The van der Waals surface area contributed by atoms with Gasteiger partial charge in [0, 0.05) is 30.2 Å². The van der Waals surface area contributed by atoms with Crippen LogP contribution in [0.2, 0.25) is 0 Å². The first-order valence-electron chi connectivity index (χ1n) is 11.3. The predicted octanol–water partition coefficient (Wildman–Crippen LogP) is 3.94. The standard InChI is InChI=1S/C25H27N5O5S/c1-15-13-18(16(2)29(15)20-9-8-17(30(32)33)14-21(20)34-3)24-23(19-7-5-6-11-26-19)27-25(36)28(24)12-10-22(31)35-4/h5-9,11,13-14,23-24H,10,12H2,1-4H3,(H,27,36)/t23-,24-/m1/s1. The number of hydrogen-bond donors (Lipinski definition) is 1. The van der Waals surface area contributed by atoms with Gasteiger partial charge in [0.2, 0.25) is 0 Å². The van der Waals surface area contributed by atoms with Gasteiger partial charge in [0.1, 0.15) is 5.75 Å². The van der Waals surface area contributed by atoms with Crippen LogP contribution in [0.3, 0.4) is 0 Å². The molecule has 0 bridgehead atoms. The number of carbonyl (C=O) groups excluding carboxylic acids is 1. The summed E-state index contributed by atoms with van der Waals surface area (Å²) in [6, 6.07) is 11.8. The zero-order chi connectivity index (χ0) is 26.0. The molecule has 0 aliphatic carbocycles. The number of nitro groups is 1. The third-order valence-corrected chi connectivity index (χ3v) is 6.74. The fraction of sp³-hybridized carbons (Fsp3) is 0.320. The zero-order valence-electron chi connectivity index (χ0n) is 20.4. The Bertz CT molecular complexity index is 1310. The normalized spacial score (nSPS) is 17.1. The van der Waals surface area contributed by atoms with E-state index in [2.05, 4.69) is 16.4 Å². The Hall–Kier alpha value is -3.99. The van der Waals surface area contributed by atoms with E-state index in [-0.39, 0.29) is 30.2 Å². The molecule has 0 radical (unpaired) electrons. The molecule has 1 N–H and O–H groups in total. The third kappa shape index (κ3) is 4.61. The number of carbonyl (C=O) groups is 1. The SMILES string of the molecule is COC(=O)CCN1C(=S)N[C@H](c2ccccn2)[C@H]1c1cc(C)n(-c2ccc([N+](=O)[O-])cc2OC)c1C. The monoisotopic (exact) mass is 509 g/mol. The summed E-state index contributed by atoms with van der Waals surface area (Å²) in [5, 5.41) is 15.2. The maximum Gasteiger partial charge on any atom is 0.307 e. The molecular formula is C25H27N5O5S. The summed E-state index contributed by atoms with van der Waals surface area (Å²) in [6.45, 7) is 4.32. The highest BCUT2D eigenvalue weighted by Gasteiger charge is 2.41. The quantitative estimate of drug-likeness (QED) is 0.209. The molecule has 2 aromatic heterocycles. The molecule has 188 valence electrons. The second kappa shape index (κ2) is 10.3. The molecule has 1 aliphatic rings. The highest BCUT2D eigenvalue weighted by molar-refractivity contribution is 7.80. The highest BCUT2D eigenvalue weighted by atomic mass is 32.1. The Labute approximate surface area is 214 Å². The number of thiocarbonyl (C=S) groups is 1. The summed E-state index contributed by atoms with van der Waals surface area (Å²) in [5.74, 6) is 0.0698. The molecule has 36 heavy (non-hydrogen) atoms. The van der Waals surface area contributed by atoms with Crippen molar-refractivity contribution in [2.75, 3.05) is 20.8 Å². The van der Waals surface area contributed by atoms with Crippen molar-refractivity contribution < 1.29 is 19.2 Å². The number of pyridine rings is 1. The number of benzene rings is 1. The molecule has 0 spiro atoms. The Kier molecular flexibility index (Phi) is 7.20. The lowest BCUT2D eigenvalue weighted by molar-refractivity contribution is -0.384. The van der Waals surface area contributed by atoms with Crippen molar-refractivity contribution in [3.8, 4) is 11.4 Å². The summed E-state index contributed by atoms with van der Waals surface area (Å²) in [7, 11) is 2.85. The molecular weight excluding hydrogens is 482 g/mol. The number of rotatable bonds is 8. The summed E-state index contributed by atoms with van der Waals surface area (Å²) < 4.78 is 12.4. The van der Waals surface area contributed by atoms with E-state index < -0.39 is 4.92 Å². The van der Waals surface area contributed by atoms with E-state index in [4.69, 9.17) is 21.7 Å². The molecule has 1 fully saturated rings. The average Bonchev–Trinajstić information content (AvgIpc) is 3.36. The number of nitrogens with one attached hydrogen (secondary N) is 1. The van der Waals surface area contributed by atoms with E-state index in [0.29, 0.717) is 23.1 Å². The number of aryl methyl sites for hydroxylation is 1. The maximum atomic E-state index is 11.9. The molecule has 1 aliphatic heterocycles. The predicted molar refractivity (Wildman–Crippen MR) is 137 cm³/mol. The smallest absolute Gasteiger partial charge is 0.307 e. The van der Waals surface area contributed by atoms with Crippen LogP contribution < -0.4 is 10.1 Å². The van der Waals surface area contributed by atoms with Crippen molar-refractivity contribution >= 4 is 29.0 Å². The summed E-state index contributed by atoms with van der Waals surface area (Å²) in [6.07, 6.45) is 1.91. The average molecular weight is 510 g/mol. The first-order chi connectivity index (χ1) is 17.3. The van der Waals surface area contributed by atoms with Gasteiger partial charge >= 0.3 is 5.97 Å². The summed E-state index contributed by atoms with van der Waals surface area (Å²) >= 11 is 5.68. The Morgan fingerprint density at radius 1 is 1.22 bits per heavy atom. The van der Waals surface area contributed by atoms with Gasteiger partial charge in [-0.2, -0.15) is 0 Å². The number of non-ortho nitro benzene ring substituents is 1. The fourth-order valence-corrected chi connectivity index (χ4v) is 5.05. The molecule has 0 unspecified atom stereocenters. The van der Waals surface area contributed by atoms with Crippen molar-refractivity contribution in [2.45, 2.75) is 32.4 Å². The minimum atomic E-state index is -0.450. The van der Waals surface area contributed by atoms with Crippen LogP contribution in [0.5, 0.6) is 5.75 Å². The number of ether oxygens (including phenoxy) is 2. The minimum Gasteiger partial charge on any atom is -0.494 e. The second-order valence-electron chi connectivity index (χ2n) is 8.42. The lowest BCUT2D eigenvalue weighted by atomic mass is 9.96. The van der Waals surface area contributed by atoms with Crippen LogP contribution in [0.4, 0.5) is 5.69 Å². The molecule has 0 amide bonds. The number of nitrogens with zero attached hydrogens (tertiary/aromatic N) is 4. The van der Waals surface area contributed by atoms with Crippen LogP contribution in [0.25, 0.3) is 5.69 Å². The van der Waals surface area contributed by atoms with Gasteiger partial charge in [-0.25, -0.2) is 0 Å². The van der Waals surface area contributed by atoms with Gasteiger partial charge in [0.15, 0.2) is 5.11 Å². The van der Waals surface area contributed by atoms with Crippen LogP contribution in [-0.2, 0) is 9.53 Å². The molecule has 4 rings (SSSR count). The number of methoxy groups -OCH3 is 2. The van der Waals surface area contributed by atoms with Crippen molar-refractivity contribution in [1.29, 1.82) is 0 Å². The molecule has 11 heteroatoms. The number of hydrogen-bond acceptors (Lipinski definition) is 7. The topological polar surface area (TPSA) is 112 Å². The Balaban J connectivity index is 1.82. The lowest BCUT2D eigenvalue weighted by Gasteiger charge is -2.28. The largest absolute Gasteiger partial charge is 0.494 e. The minimum absolute atomic E-state index is 0.0483. The molecule has 3 aromatic rings. The molecule has 10 nitrogen and oxygen atoms in total.